The minimum absolute atomic E-state index is 0.189. The standard InChI is InChI=1S/C16H20N2O5/c1-3-22-15(20)10(2)23-16(21)17-7-6-11-9-18-14-5-4-12(19)8-13(11)14/h4-5,8-10,18-19H,3,6-7H2,1-2H3,(H,17,21). The number of esters is 1. The first kappa shape index (κ1) is 16.7. The van der Waals surface area contributed by atoms with Gasteiger partial charge in [-0.2, -0.15) is 0 Å². The lowest BCUT2D eigenvalue weighted by Crippen LogP contribution is -2.33. The van der Waals surface area contributed by atoms with Crippen LogP contribution >= 0.6 is 0 Å². The molecule has 0 radical (unpaired) electrons. The minimum atomic E-state index is -0.944. The van der Waals surface area contributed by atoms with Gasteiger partial charge in [0.05, 0.1) is 6.61 Å². The van der Waals surface area contributed by atoms with Crippen molar-refractivity contribution < 1.29 is 24.2 Å². The summed E-state index contributed by atoms with van der Waals surface area (Å²) in [5, 5.41) is 13.0. The molecule has 0 spiro atoms. The number of aromatic hydroxyl groups is 1. The molecule has 0 bridgehead atoms. The van der Waals surface area contributed by atoms with Crippen molar-refractivity contribution in [1.82, 2.24) is 10.3 Å². The van der Waals surface area contributed by atoms with Crippen molar-refractivity contribution in [2.75, 3.05) is 13.2 Å². The summed E-state index contributed by atoms with van der Waals surface area (Å²) < 4.78 is 9.67. The molecule has 0 saturated heterocycles. The number of hydrogen-bond donors (Lipinski definition) is 3. The smallest absolute Gasteiger partial charge is 0.407 e. The number of nitrogens with one attached hydrogen (secondary N) is 2. The monoisotopic (exact) mass is 320 g/mol. The molecular weight excluding hydrogens is 300 g/mol. The molecule has 0 aliphatic rings. The highest BCUT2D eigenvalue weighted by atomic mass is 16.6. The van der Waals surface area contributed by atoms with E-state index in [2.05, 4.69) is 10.3 Å². The predicted molar refractivity (Wildman–Crippen MR) is 84.2 cm³/mol. The Morgan fingerprint density at radius 1 is 1.39 bits per heavy atom. The van der Waals surface area contributed by atoms with Crippen molar-refractivity contribution in [3.63, 3.8) is 0 Å². The fraction of sp³-hybridized carbons (Fsp3) is 0.375. The second-order valence-electron chi connectivity index (χ2n) is 5.02. The lowest BCUT2D eigenvalue weighted by Gasteiger charge is -2.12. The summed E-state index contributed by atoms with van der Waals surface area (Å²) in [7, 11) is 0. The molecule has 0 fully saturated rings. The third kappa shape index (κ3) is 4.38. The number of benzene rings is 1. The van der Waals surface area contributed by atoms with E-state index < -0.39 is 18.2 Å². The number of phenols is 1. The van der Waals surface area contributed by atoms with Crippen molar-refractivity contribution in [2.45, 2.75) is 26.4 Å². The lowest BCUT2D eigenvalue weighted by atomic mass is 10.1. The van der Waals surface area contributed by atoms with Gasteiger partial charge in [0, 0.05) is 23.6 Å². The van der Waals surface area contributed by atoms with Gasteiger partial charge >= 0.3 is 12.1 Å². The summed E-state index contributed by atoms with van der Waals surface area (Å²) >= 11 is 0. The van der Waals surface area contributed by atoms with Crippen LogP contribution in [0.2, 0.25) is 0 Å². The zero-order valence-electron chi connectivity index (χ0n) is 13.1. The molecule has 2 aromatic rings. The Morgan fingerprint density at radius 2 is 2.17 bits per heavy atom. The van der Waals surface area contributed by atoms with Crippen molar-refractivity contribution in [3.05, 3.63) is 30.0 Å². The number of H-pyrrole nitrogens is 1. The van der Waals surface area contributed by atoms with Gasteiger partial charge in [0.1, 0.15) is 5.75 Å². The van der Waals surface area contributed by atoms with Gasteiger partial charge in [-0.3, -0.25) is 0 Å². The summed E-state index contributed by atoms with van der Waals surface area (Å²) in [4.78, 5) is 26.1. The quantitative estimate of drug-likeness (QED) is 0.708. The SMILES string of the molecule is CCOC(=O)C(C)OC(=O)NCCc1c[nH]c2ccc(O)cc12. The van der Waals surface area contributed by atoms with Crippen molar-refractivity contribution in [3.8, 4) is 5.75 Å². The van der Waals surface area contributed by atoms with Gasteiger partial charge in [0.2, 0.25) is 0 Å². The van der Waals surface area contributed by atoms with Crippen LogP contribution in [0.15, 0.2) is 24.4 Å². The average Bonchev–Trinajstić information content (AvgIpc) is 2.90. The topological polar surface area (TPSA) is 101 Å². The number of phenolic OH excluding ortho intramolecular Hbond substituents is 1. The van der Waals surface area contributed by atoms with Crippen LogP contribution in [0.25, 0.3) is 10.9 Å². The number of amides is 1. The van der Waals surface area contributed by atoms with E-state index in [-0.39, 0.29) is 12.4 Å². The number of carbonyl (C=O) groups is 2. The maximum atomic E-state index is 11.6. The minimum Gasteiger partial charge on any atom is -0.508 e. The molecule has 1 aromatic carbocycles. The Hall–Kier alpha value is -2.70. The van der Waals surface area contributed by atoms with E-state index in [9.17, 15) is 14.7 Å². The predicted octanol–water partition coefficient (Wildman–Crippen LogP) is 2.09. The molecule has 1 aromatic heterocycles. The highest BCUT2D eigenvalue weighted by molar-refractivity contribution is 5.84. The van der Waals surface area contributed by atoms with Crippen LogP contribution in [0.3, 0.4) is 0 Å². The van der Waals surface area contributed by atoms with E-state index in [1.807, 2.05) is 6.20 Å². The summed E-state index contributed by atoms with van der Waals surface area (Å²) in [6.07, 6.45) is 0.776. The first-order chi connectivity index (χ1) is 11.0. The van der Waals surface area contributed by atoms with Gasteiger partial charge in [0.15, 0.2) is 6.10 Å². The molecule has 1 unspecified atom stereocenters. The highest BCUT2D eigenvalue weighted by Crippen LogP contribution is 2.22. The van der Waals surface area contributed by atoms with E-state index in [1.54, 1.807) is 25.1 Å². The number of fused-ring (bicyclic) bond motifs is 1. The van der Waals surface area contributed by atoms with Gasteiger partial charge in [-0.25, -0.2) is 9.59 Å². The van der Waals surface area contributed by atoms with Gasteiger partial charge in [-0.15, -0.1) is 0 Å². The molecule has 1 amide bonds. The van der Waals surface area contributed by atoms with Crippen LogP contribution in [0.4, 0.5) is 4.79 Å². The Bertz CT molecular complexity index is 695. The molecule has 7 heteroatoms. The third-order valence-corrected chi connectivity index (χ3v) is 3.32. The third-order valence-electron chi connectivity index (χ3n) is 3.32. The second kappa shape index (κ2) is 7.53. The molecule has 23 heavy (non-hydrogen) atoms. The zero-order valence-corrected chi connectivity index (χ0v) is 13.1. The van der Waals surface area contributed by atoms with Crippen molar-refractivity contribution >= 4 is 23.0 Å². The van der Waals surface area contributed by atoms with Gasteiger partial charge in [-0.1, -0.05) is 0 Å². The number of hydrogen-bond acceptors (Lipinski definition) is 5. The molecule has 0 aliphatic heterocycles. The normalized spacial score (nSPS) is 11.9. The Morgan fingerprint density at radius 3 is 2.91 bits per heavy atom. The van der Waals surface area contributed by atoms with Gasteiger partial charge in [0.25, 0.3) is 0 Å². The average molecular weight is 320 g/mol. The summed E-state index contributed by atoms with van der Waals surface area (Å²) in [5.74, 6) is -0.385. The summed E-state index contributed by atoms with van der Waals surface area (Å²) in [5.41, 5.74) is 1.88. The van der Waals surface area contributed by atoms with E-state index in [1.165, 1.54) is 6.92 Å². The number of ether oxygens (including phenoxy) is 2. The summed E-state index contributed by atoms with van der Waals surface area (Å²) in [6.45, 7) is 3.72. The Labute approximate surface area is 133 Å². The molecular formula is C16H20N2O5. The number of rotatable bonds is 6. The van der Waals surface area contributed by atoms with Crippen LogP contribution in [0.1, 0.15) is 19.4 Å². The maximum Gasteiger partial charge on any atom is 0.407 e. The number of aromatic amines is 1. The lowest BCUT2D eigenvalue weighted by molar-refractivity contribution is -0.152. The van der Waals surface area contributed by atoms with Gasteiger partial charge < -0.3 is 24.9 Å². The van der Waals surface area contributed by atoms with Crippen molar-refractivity contribution in [1.29, 1.82) is 0 Å². The molecule has 1 atom stereocenters. The van der Waals surface area contributed by atoms with E-state index >= 15 is 0 Å². The largest absolute Gasteiger partial charge is 0.508 e. The Balaban J connectivity index is 1.83. The molecule has 0 saturated carbocycles. The Kier molecular flexibility index (Phi) is 5.46. The summed E-state index contributed by atoms with van der Waals surface area (Å²) in [6, 6.07) is 5.06. The van der Waals surface area contributed by atoms with Crippen LogP contribution in [0, 0.1) is 0 Å². The first-order valence-corrected chi connectivity index (χ1v) is 7.41. The molecule has 124 valence electrons. The molecule has 2 rings (SSSR count). The van der Waals surface area contributed by atoms with Crippen LogP contribution in [-0.2, 0) is 20.7 Å². The first-order valence-electron chi connectivity index (χ1n) is 7.41. The van der Waals surface area contributed by atoms with Gasteiger partial charge in [-0.05, 0) is 44.0 Å². The molecule has 1 heterocycles. The fourth-order valence-electron chi connectivity index (χ4n) is 2.18. The number of carbonyl (C=O) groups excluding carboxylic acids is 2. The molecule has 3 N–H and O–H groups in total. The molecule has 7 nitrogen and oxygen atoms in total. The van der Waals surface area contributed by atoms with E-state index in [4.69, 9.17) is 9.47 Å². The van der Waals surface area contributed by atoms with E-state index in [0.717, 1.165) is 16.5 Å². The maximum absolute atomic E-state index is 11.6. The zero-order chi connectivity index (χ0) is 16.8. The number of alkyl carbamates (subject to hydrolysis) is 1. The molecule has 0 aliphatic carbocycles. The van der Waals surface area contributed by atoms with E-state index in [0.29, 0.717) is 13.0 Å². The fourth-order valence-corrected chi connectivity index (χ4v) is 2.18. The number of aromatic nitrogens is 1. The van der Waals surface area contributed by atoms with Crippen LogP contribution < -0.4 is 5.32 Å². The van der Waals surface area contributed by atoms with Crippen molar-refractivity contribution in [2.24, 2.45) is 0 Å². The van der Waals surface area contributed by atoms with Crippen LogP contribution in [0.5, 0.6) is 5.75 Å². The highest BCUT2D eigenvalue weighted by Gasteiger charge is 2.18. The van der Waals surface area contributed by atoms with Crippen LogP contribution in [-0.4, -0.2) is 41.4 Å². The second-order valence-corrected chi connectivity index (χ2v) is 5.02.